The van der Waals surface area contributed by atoms with E-state index in [4.69, 9.17) is 5.11 Å². The molecule has 0 aromatic carbocycles. The largest absolute Gasteiger partial charge is 0.481 e. The van der Waals surface area contributed by atoms with Crippen LogP contribution in [0.3, 0.4) is 0 Å². The van der Waals surface area contributed by atoms with Crippen LogP contribution in [0.25, 0.3) is 0 Å². The molecule has 1 saturated carbocycles. The van der Waals surface area contributed by atoms with E-state index in [1.165, 1.54) is 4.90 Å². The van der Waals surface area contributed by atoms with Gasteiger partial charge in [0, 0.05) is 18.7 Å². The van der Waals surface area contributed by atoms with Crippen LogP contribution in [0.5, 0.6) is 0 Å². The minimum Gasteiger partial charge on any atom is -0.481 e. The quantitative estimate of drug-likeness (QED) is 0.575. The summed E-state index contributed by atoms with van der Waals surface area (Å²) in [5.74, 6) is -1.73. The predicted molar refractivity (Wildman–Crippen MR) is 70.0 cm³/mol. The van der Waals surface area contributed by atoms with Crippen molar-refractivity contribution in [1.29, 1.82) is 0 Å². The molecule has 0 spiro atoms. The molecule has 0 saturated heterocycles. The van der Waals surface area contributed by atoms with Crippen molar-refractivity contribution in [1.82, 2.24) is 9.88 Å². The van der Waals surface area contributed by atoms with E-state index in [1.807, 2.05) is 0 Å². The van der Waals surface area contributed by atoms with Gasteiger partial charge in [-0.2, -0.15) is 0 Å². The standard InChI is InChI=1S/C12H13N3O6/c16-10(17)3-4-14(7-1-2-7)12(19)9-5-8(15(20)21)6-13-11(9)18/h5-7H,1-4H2,(H,13,18)(H,16,17). The van der Waals surface area contributed by atoms with Crippen molar-refractivity contribution in [3.63, 3.8) is 0 Å². The lowest BCUT2D eigenvalue weighted by atomic mass is 10.2. The summed E-state index contributed by atoms with van der Waals surface area (Å²) in [7, 11) is 0. The van der Waals surface area contributed by atoms with Crippen molar-refractivity contribution in [2.45, 2.75) is 25.3 Å². The molecule has 0 aliphatic heterocycles. The van der Waals surface area contributed by atoms with Gasteiger partial charge in [-0.25, -0.2) is 0 Å². The van der Waals surface area contributed by atoms with Gasteiger partial charge in [0.1, 0.15) is 5.56 Å². The number of carboxylic acid groups (broad SMARTS) is 1. The number of carboxylic acids is 1. The molecule has 2 rings (SSSR count). The van der Waals surface area contributed by atoms with Gasteiger partial charge in [-0.1, -0.05) is 0 Å². The number of aromatic nitrogens is 1. The lowest BCUT2D eigenvalue weighted by molar-refractivity contribution is -0.385. The first-order valence-corrected chi connectivity index (χ1v) is 6.30. The molecule has 0 radical (unpaired) electrons. The first-order valence-electron chi connectivity index (χ1n) is 6.30. The van der Waals surface area contributed by atoms with E-state index in [0.29, 0.717) is 0 Å². The Morgan fingerprint density at radius 1 is 1.48 bits per heavy atom. The van der Waals surface area contributed by atoms with Crippen molar-refractivity contribution >= 4 is 17.6 Å². The summed E-state index contributed by atoms with van der Waals surface area (Å²) in [4.78, 5) is 48.1. The van der Waals surface area contributed by atoms with Gasteiger partial charge < -0.3 is 15.0 Å². The molecule has 1 fully saturated rings. The maximum absolute atomic E-state index is 12.3. The fraction of sp³-hybridized carbons (Fsp3) is 0.417. The van der Waals surface area contributed by atoms with Gasteiger partial charge in [0.05, 0.1) is 17.5 Å². The Morgan fingerprint density at radius 2 is 2.14 bits per heavy atom. The number of H-pyrrole nitrogens is 1. The van der Waals surface area contributed by atoms with Crippen molar-refractivity contribution in [2.24, 2.45) is 0 Å². The predicted octanol–water partition coefficient (Wildman–Crippen LogP) is 0.362. The molecule has 1 aliphatic carbocycles. The number of hydrogen-bond donors (Lipinski definition) is 2. The van der Waals surface area contributed by atoms with Crippen molar-refractivity contribution in [2.75, 3.05) is 6.54 Å². The molecule has 112 valence electrons. The second-order valence-corrected chi connectivity index (χ2v) is 4.73. The van der Waals surface area contributed by atoms with Gasteiger partial charge in [-0.15, -0.1) is 0 Å². The number of nitrogens with zero attached hydrogens (tertiary/aromatic N) is 2. The summed E-state index contributed by atoms with van der Waals surface area (Å²) in [5, 5.41) is 19.4. The molecular formula is C12H13N3O6. The zero-order valence-corrected chi connectivity index (χ0v) is 10.9. The zero-order valence-electron chi connectivity index (χ0n) is 10.9. The van der Waals surface area contributed by atoms with Crippen LogP contribution in [0.2, 0.25) is 0 Å². The van der Waals surface area contributed by atoms with Crippen LogP contribution in [0.15, 0.2) is 17.1 Å². The van der Waals surface area contributed by atoms with E-state index in [2.05, 4.69) is 4.98 Å². The van der Waals surface area contributed by atoms with E-state index in [0.717, 1.165) is 25.1 Å². The van der Waals surface area contributed by atoms with E-state index in [-0.39, 0.29) is 24.6 Å². The highest BCUT2D eigenvalue weighted by Crippen LogP contribution is 2.28. The highest BCUT2D eigenvalue weighted by Gasteiger charge is 2.34. The van der Waals surface area contributed by atoms with Crippen LogP contribution in [0.1, 0.15) is 29.6 Å². The van der Waals surface area contributed by atoms with Crippen LogP contribution in [0, 0.1) is 10.1 Å². The second kappa shape index (κ2) is 5.73. The maximum atomic E-state index is 12.3. The topological polar surface area (TPSA) is 134 Å². The minimum atomic E-state index is -1.05. The number of aromatic amines is 1. The molecule has 0 bridgehead atoms. The van der Waals surface area contributed by atoms with Gasteiger partial charge in [0.2, 0.25) is 0 Å². The number of amides is 1. The Hall–Kier alpha value is -2.71. The number of carbonyl (C=O) groups excluding carboxylic acids is 1. The molecule has 1 heterocycles. The Balaban J connectivity index is 2.27. The highest BCUT2D eigenvalue weighted by molar-refractivity contribution is 5.95. The Kier molecular flexibility index (Phi) is 4.01. The number of aliphatic carboxylic acids is 1. The molecule has 1 aromatic rings. The van der Waals surface area contributed by atoms with Crippen LogP contribution < -0.4 is 5.56 Å². The molecule has 0 atom stereocenters. The molecule has 9 nitrogen and oxygen atoms in total. The SMILES string of the molecule is O=C(O)CCN(C(=O)c1cc([N+](=O)[O-])c[nH]c1=O)C1CC1. The first-order chi connectivity index (χ1) is 9.90. The number of pyridine rings is 1. The van der Waals surface area contributed by atoms with Gasteiger partial charge in [-0.05, 0) is 12.8 Å². The normalized spacial score (nSPS) is 13.7. The van der Waals surface area contributed by atoms with Crippen LogP contribution in [0.4, 0.5) is 5.69 Å². The van der Waals surface area contributed by atoms with Gasteiger partial charge >= 0.3 is 5.97 Å². The van der Waals surface area contributed by atoms with Crippen molar-refractivity contribution in [3.05, 3.63) is 38.3 Å². The third-order valence-corrected chi connectivity index (χ3v) is 3.14. The number of carbonyl (C=O) groups is 2. The molecule has 1 aromatic heterocycles. The van der Waals surface area contributed by atoms with Crippen LogP contribution in [-0.2, 0) is 4.79 Å². The molecule has 1 aliphatic rings. The van der Waals surface area contributed by atoms with E-state index in [1.54, 1.807) is 0 Å². The fourth-order valence-corrected chi connectivity index (χ4v) is 1.94. The Labute approximate surface area is 118 Å². The Morgan fingerprint density at radius 3 is 2.67 bits per heavy atom. The molecule has 21 heavy (non-hydrogen) atoms. The van der Waals surface area contributed by atoms with Crippen molar-refractivity contribution in [3.8, 4) is 0 Å². The molecule has 9 heteroatoms. The highest BCUT2D eigenvalue weighted by atomic mass is 16.6. The lowest BCUT2D eigenvalue weighted by Crippen LogP contribution is -2.37. The van der Waals surface area contributed by atoms with Gasteiger partial charge in [0.25, 0.3) is 17.2 Å². The summed E-state index contributed by atoms with van der Waals surface area (Å²) in [6.45, 7) is -0.0268. The van der Waals surface area contributed by atoms with Crippen molar-refractivity contribution < 1.29 is 19.6 Å². The second-order valence-electron chi connectivity index (χ2n) is 4.73. The summed E-state index contributed by atoms with van der Waals surface area (Å²) >= 11 is 0. The van der Waals surface area contributed by atoms with E-state index in [9.17, 15) is 24.5 Å². The zero-order chi connectivity index (χ0) is 15.6. The lowest BCUT2D eigenvalue weighted by Gasteiger charge is -2.21. The molecular weight excluding hydrogens is 282 g/mol. The van der Waals surface area contributed by atoms with Gasteiger partial charge in [-0.3, -0.25) is 24.5 Å². The maximum Gasteiger partial charge on any atom is 0.305 e. The van der Waals surface area contributed by atoms with E-state index < -0.39 is 28.0 Å². The van der Waals surface area contributed by atoms with Crippen LogP contribution >= 0.6 is 0 Å². The molecule has 0 unspecified atom stereocenters. The fourth-order valence-electron chi connectivity index (χ4n) is 1.94. The number of nitrogens with one attached hydrogen (secondary N) is 1. The Bertz CT molecular complexity index is 649. The third kappa shape index (κ3) is 3.44. The van der Waals surface area contributed by atoms with E-state index >= 15 is 0 Å². The summed E-state index contributed by atoms with van der Waals surface area (Å²) in [6.07, 6.45) is 2.14. The minimum absolute atomic E-state index is 0.0268. The summed E-state index contributed by atoms with van der Waals surface area (Å²) in [5.41, 5.74) is -1.47. The number of hydrogen-bond acceptors (Lipinski definition) is 5. The van der Waals surface area contributed by atoms with Gasteiger partial charge in [0.15, 0.2) is 0 Å². The smallest absolute Gasteiger partial charge is 0.305 e. The number of nitro groups is 1. The molecule has 2 N–H and O–H groups in total. The summed E-state index contributed by atoms with van der Waals surface area (Å²) < 4.78 is 0. The number of rotatable bonds is 6. The third-order valence-electron chi connectivity index (χ3n) is 3.14. The van der Waals surface area contributed by atoms with Crippen LogP contribution in [-0.4, -0.2) is 44.4 Å². The summed E-state index contributed by atoms with van der Waals surface area (Å²) in [6, 6.07) is 0.813. The molecule has 1 amide bonds. The average molecular weight is 295 g/mol. The average Bonchev–Trinajstić information content (AvgIpc) is 3.23. The monoisotopic (exact) mass is 295 g/mol. The first kappa shape index (κ1) is 14.7.